The van der Waals surface area contributed by atoms with Gasteiger partial charge in [0.1, 0.15) is 11.7 Å². The van der Waals surface area contributed by atoms with E-state index in [0.717, 1.165) is 24.8 Å². The highest BCUT2D eigenvalue weighted by atomic mass is 15.7. The highest BCUT2D eigenvalue weighted by Gasteiger charge is 2.46. The third-order valence-electron chi connectivity index (χ3n) is 3.63. The predicted octanol–water partition coefficient (Wildman–Crippen LogP) is 1.51. The van der Waals surface area contributed by atoms with Gasteiger partial charge in [0.05, 0.1) is 30.6 Å². The maximum atomic E-state index is 4.62. The zero-order chi connectivity index (χ0) is 12.2. The lowest BCUT2D eigenvalue weighted by Gasteiger charge is -2.29. The van der Waals surface area contributed by atoms with Crippen molar-refractivity contribution < 1.29 is 0 Å². The van der Waals surface area contributed by atoms with Crippen LogP contribution in [0.3, 0.4) is 0 Å². The Balaban J connectivity index is 2.08. The Morgan fingerprint density at radius 1 is 0.941 bits per heavy atom. The first kappa shape index (κ1) is 10.7. The van der Waals surface area contributed by atoms with E-state index in [9.17, 15) is 0 Å². The van der Waals surface area contributed by atoms with E-state index in [1.807, 2.05) is 10.0 Å². The monoisotopic (exact) mass is 234 g/mol. The smallest absolute Gasteiger partial charge is 0.135 e. The van der Waals surface area contributed by atoms with E-state index < -0.39 is 0 Å². The van der Waals surface area contributed by atoms with E-state index in [1.54, 1.807) is 0 Å². The molecule has 17 heavy (non-hydrogen) atoms. The molecule has 3 rings (SSSR count). The summed E-state index contributed by atoms with van der Waals surface area (Å²) in [5.41, 5.74) is -0.209. The number of nitrogens with zero attached hydrogens (tertiary/aromatic N) is 6. The molecular weight excluding hydrogens is 216 g/mol. The number of rotatable bonds is 0. The molecule has 0 N–H and O–H groups in total. The molecule has 2 atom stereocenters. The van der Waals surface area contributed by atoms with Gasteiger partial charge >= 0.3 is 0 Å². The zero-order valence-corrected chi connectivity index (χ0v) is 10.8. The van der Waals surface area contributed by atoms with Gasteiger partial charge in [0.15, 0.2) is 0 Å². The summed E-state index contributed by atoms with van der Waals surface area (Å²) in [6.45, 7) is 10.1. The molecule has 0 aromatic carbocycles. The lowest BCUT2D eigenvalue weighted by Crippen LogP contribution is -2.45. The maximum Gasteiger partial charge on any atom is 0.135 e. The Kier molecular flexibility index (Phi) is 2.06. The lowest BCUT2D eigenvalue weighted by molar-refractivity contribution is 0.291. The zero-order valence-electron chi connectivity index (χ0n) is 10.8. The fourth-order valence-corrected chi connectivity index (χ4v) is 2.57. The van der Waals surface area contributed by atoms with Crippen LogP contribution in [0, 0.1) is 5.41 Å². The molecular formula is C11H18N6. The summed E-state index contributed by atoms with van der Waals surface area (Å²) in [5, 5.41) is 12.5. The maximum absolute atomic E-state index is 4.62. The van der Waals surface area contributed by atoms with Crippen LogP contribution in [0.4, 0.5) is 0 Å². The second-order valence-corrected chi connectivity index (χ2v) is 5.52. The standard InChI is InChI=1S/C11H18N6/c1-7-5-12-9-11(3,4)10-13-6-8(2)17(10)15-14-16(7)9/h7-8H,5-6H2,1-4H3. The van der Waals surface area contributed by atoms with Crippen LogP contribution in [-0.2, 0) is 0 Å². The summed E-state index contributed by atoms with van der Waals surface area (Å²) < 4.78 is 0. The van der Waals surface area contributed by atoms with E-state index in [2.05, 4.69) is 48.1 Å². The highest BCUT2D eigenvalue weighted by molar-refractivity contribution is 6.10. The molecule has 0 radical (unpaired) electrons. The SMILES string of the molecule is CC1CN=C2N1N=NN1C(=NCC1C)C2(C)C. The van der Waals surface area contributed by atoms with Crippen molar-refractivity contribution in [2.45, 2.75) is 39.8 Å². The van der Waals surface area contributed by atoms with Gasteiger partial charge in [-0.2, -0.15) is 0 Å². The van der Waals surface area contributed by atoms with Gasteiger partial charge in [0.2, 0.25) is 0 Å². The minimum atomic E-state index is -0.209. The molecule has 3 heterocycles. The molecule has 6 nitrogen and oxygen atoms in total. The van der Waals surface area contributed by atoms with Crippen molar-refractivity contribution in [2.75, 3.05) is 13.1 Å². The first-order chi connectivity index (χ1) is 8.01. The van der Waals surface area contributed by atoms with Crippen LogP contribution in [0.15, 0.2) is 20.4 Å². The van der Waals surface area contributed by atoms with Crippen LogP contribution in [0.2, 0.25) is 0 Å². The Hall–Kier alpha value is -1.46. The Labute approximate surface area is 101 Å². The summed E-state index contributed by atoms with van der Waals surface area (Å²) in [6.07, 6.45) is 0. The molecule has 0 amide bonds. The molecule has 0 bridgehead atoms. The minimum absolute atomic E-state index is 0.209. The van der Waals surface area contributed by atoms with E-state index in [4.69, 9.17) is 0 Å². The first-order valence-corrected chi connectivity index (χ1v) is 6.11. The number of amidine groups is 2. The van der Waals surface area contributed by atoms with E-state index in [-0.39, 0.29) is 5.41 Å². The van der Waals surface area contributed by atoms with Crippen molar-refractivity contribution in [3.63, 3.8) is 0 Å². The number of hydrogen-bond donors (Lipinski definition) is 0. The van der Waals surface area contributed by atoms with Gasteiger partial charge in [-0.05, 0) is 38.1 Å². The summed E-state index contributed by atoms with van der Waals surface area (Å²) in [5.74, 6) is 1.98. The van der Waals surface area contributed by atoms with Crippen LogP contribution in [0.25, 0.3) is 0 Å². The molecule has 0 aromatic rings. The summed E-state index contributed by atoms with van der Waals surface area (Å²) in [7, 11) is 0. The number of hydrogen-bond acceptors (Lipinski definition) is 6. The summed E-state index contributed by atoms with van der Waals surface area (Å²) in [4.78, 5) is 9.24. The normalized spacial score (nSPS) is 34.1. The van der Waals surface area contributed by atoms with Crippen molar-refractivity contribution in [2.24, 2.45) is 25.8 Å². The molecule has 0 saturated carbocycles. The highest BCUT2D eigenvalue weighted by Crippen LogP contribution is 2.35. The molecule has 0 spiro atoms. The predicted molar refractivity (Wildman–Crippen MR) is 65.8 cm³/mol. The van der Waals surface area contributed by atoms with Crippen LogP contribution in [0.5, 0.6) is 0 Å². The third-order valence-corrected chi connectivity index (χ3v) is 3.63. The van der Waals surface area contributed by atoms with Gasteiger partial charge in [-0.3, -0.25) is 9.98 Å². The van der Waals surface area contributed by atoms with E-state index in [0.29, 0.717) is 12.1 Å². The van der Waals surface area contributed by atoms with Crippen LogP contribution < -0.4 is 0 Å². The molecule has 2 unspecified atom stereocenters. The van der Waals surface area contributed by atoms with Crippen molar-refractivity contribution in [1.29, 1.82) is 0 Å². The molecule has 3 aliphatic heterocycles. The average Bonchev–Trinajstić information content (AvgIpc) is 2.77. The minimum Gasteiger partial charge on any atom is -0.268 e. The fraction of sp³-hybridized carbons (Fsp3) is 0.818. The second kappa shape index (κ2) is 3.27. The fourth-order valence-electron chi connectivity index (χ4n) is 2.57. The number of aliphatic imine (C=N–C) groups is 2. The summed E-state index contributed by atoms with van der Waals surface area (Å²) in [6, 6.07) is 0.591. The van der Waals surface area contributed by atoms with Gasteiger partial charge in [-0.25, -0.2) is 10.0 Å². The molecule has 0 fully saturated rings. The van der Waals surface area contributed by atoms with Gasteiger partial charge in [0, 0.05) is 0 Å². The number of fused-ring (bicyclic) bond motifs is 2. The molecule has 3 aliphatic rings. The van der Waals surface area contributed by atoms with E-state index in [1.165, 1.54) is 0 Å². The van der Waals surface area contributed by atoms with Crippen LogP contribution in [-0.4, -0.2) is 46.9 Å². The van der Waals surface area contributed by atoms with Gasteiger partial charge in [0.25, 0.3) is 0 Å². The van der Waals surface area contributed by atoms with Gasteiger partial charge < -0.3 is 0 Å². The third kappa shape index (κ3) is 1.33. The molecule has 92 valence electrons. The summed E-state index contributed by atoms with van der Waals surface area (Å²) >= 11 is 0. The first-order valence-electron chi connectivity index (χ1n) is 6.11. The lowest BCUT2D eigenvalue weighted by atomic mass is 9.89. The Bertz CT molecular complexity index is 397. The molecule has 6 heteroatoms. The van der Waals surface area contributed by atoms with Crippen molar-refractivity contribution in [3.8, 4) is 0 Å². The van der Waals surface area contributed by atoms with E-state index >= 15 is 0 Å². The van der Waals surface area contributed by atoms with Crippen LogP contribution >= 0.6 is 0 Å². The quantitative estimate of drug-likeness (QED) is 0.638. The Morgan fingerprint density at radius 3 is 1.76 bits per heavy atom. The van der Waals surface area contributed by atoms with Crippen molar-refractivity contribution in [1.82, 2.24) is 10.0 Å². The van der Waals surface area contributed by atoms with Crippen molar-refractivity contribution in [3.05, 3.63) is 0 Å². The van der Waals surface area contributed by atoms with Gasteiger partial charge in [-0.1, -0.05) is 0 Å². The average molecular weight is 234 g/mol. The Morgan fingerprint density at radius 2 is 1.35 bits per heavy atom. The molecule has 0 saturated heterocycles. The van der Waals surface area contributed by atoms with Gasteiger partial charge in [-0.15, -0.1) is 0 Å². The van der Waals surface area contributed by atoms with Crippen molar-refractivity contribution >= 4 is 11.7 Å². The topological polar surface area (TPSA) is 55.9 Å². The molecule has 0 aliphatic carbocycles. The second-order valence-electron chi connectivity index (χ2n) is 5.52. The van der Waals surface area contributed by atoms with Crippen LogP contribution in [0.1, 0.15) is 27.7 Å². The molecule has 0 aromatic heterocycles. The largest absolute Gasteiger partial charge is 0.268 e.